The summed E-state index contributed by atoms with van der Waals surface area (Å²) >= 11 is 0. The maximum Gasteiger partial charge on any atom is 0.335 e. The molecule has 0 amide bonds. The van der Waals surface area contributed by atoms with Crippen LogP contribution in [0, 0.1) is 6.92 Å². The minimum atomic E-state index is -0.908. The molecule has 0 aliphatic heterocycles. The number of benzene rings is 2. The van der Waals surface area contributed by atoms with Crippen molar-refractivity contribution in [3.05, 3.63) is 63.7 Å². The van der Waals surface area contributed by atoms with Crippen LogP contribution in [0.5, 0.6) is 5.75 Å². The second-order valence-corrected chi connectivity index (χ2v) is 9.32. The number of aromatic carboxylic acids is 1. The SMILES string of the molecule is CCOc1c(C=Cc2ccc(C(=O)O)cc2)c(C)cc2c1C(C)(C)CCC2(C)C. The zero-order chi connectivity index (χ0) is 21.4. The van der Waals surface area contributed by atoms with E-state index < -0.39 is 5.97 Å². The van der Waals surface area contributed by atoms with Crippen LogP contribution in [0.3, 0.4) is 0 Å². The van der Waals surface area contributed by atoms with Gasteiger partial charge in [-0.25, -0.2) is 4.79 Å². The van der Waals surface area contributed by atoms with Crippen molar-refractivity contribution >= 4 is 18.1 Å². The Kier molecular flexibility index (Phi) is 5.62. The van der Waals surface area contributed by atoms with E-state index in [1.165, 1.54) is 23.1 Å². The van der Waals surface area contributed by atoms with Crippen LogP contribution in [0.25, 0.3) is 12.2 Å². The Morgan fingerprint density at radius 2 is 1.69 bits per heavy atom. The van der Waals surface area contributed by atoms with Gasteiger partial charge in [-0.3, -0.25) is 0 Å². The Morgan fingerprint density at radius 1 is 1.07 bits per heavy atom. The fourth-order valence-electron chi connectivity index (χ4n) is 4.31. The predicted octanol–water partition coefficient (Wildman–Crippen LogP) is 6.61. The first-order valence-corrected chi connectivity index (χ1v) is 10.4. The first-order valence-electron chi connectivity index (χ1n) is 10.4. The molecular weight excluding hydrogens is 360 g/mol. The molecule has 0 heterocycles. The predicted molar refractivity (Wildman–Crippen MR) is 120 cm³/mol. The van der Waals surface area contributed by atoms with Crippen LogP contribution < -0.4 is 4.74 Å². The quantitative estimate of drug-likeness (QED) is 0.582. The summed E-state index contributed by atoms with van der Waals surface area (Å²) in [5.41, 5.74) is 6.51. The van der Waals surface area contributed by atoms with E-state index in [-0.39, 0.29) is 10.8 Å². The maximum atomic E-state index is 11.1. The van der Waals surface area contributed by atoms with Crippen LogP contribution in [-0.2, 0) is 10.8 Å². The van der Waals surface area contributed by atoms with Crippen molar-refractivity contribution in [3.63, 3.8) is 0 Å². The number of aryl methyl sites for hydroxylation is 1. The molecule has 0 bridgehead atoms. The molecule has 3 heteroatoms. The zero-order valence-corrected chi connectivity index (χ0v) is 18.4. The summed E-state index contributed by atoms with van der Waals surface area (Å²) in [7, 11) is 0. The molecule has 154 valence electrons. The van der Waals surface area contributed by atoms with Crippen molar-refractivity contribution < 1.29 is 14.6 Å². The maximum absolute atomic E-state index is 11.1. The van der Waals surface area contributed by atoms with Crippen molar-refractivity contribution in [1.29, 1.82) is 0 Å². The van der Waals surface area contributed by atoms with Crippen LogP contribution >= 0.6 is 0 Å². The molecule has 2 aromatic carbocycles. The molecule has 1 N–H and O–H groups in total. The number of hydrogen-bond acceptors (Lipinski definition) is 2. The second-order valence-electron chi connectivity index (χ2n) is 9.32. The summed E-state index contributed by atoms with van der Waals surface area (Å²) < 4.78 is 6.26. The lowest BCUT2D eigenvalue weighted by Crippen LogP contribution is -2.34. The van der Waals surface area contributed by atoms with Crippen LogP contribution in [0.4, 0.5) is 0 Å². The first-order chi connectivity index (χ1) is 13.6. The highest BCUT2D eigenvalue weighted by molar-refractivity contribution is 5.88. The number of fused-ring (bicyclic) bond motifs is 1. The molecule has 0 fully saturated rings. The topological polar surface area (TPSA) is 46.5 Å². The minimum absolute atomic E-state index is 0.0643. The highest BCUT2D eigenvalue weighted by atomic mass is 16.5. The van der Waals surface area contributed by atoms with E-state index in [9.17, 15) is 4.79 Å². The van der Waals surface area contributed by atoms with E-state index in [1.54, 1.807) is 12.1 Å². The summed E-state index contributed by atoms with van der Waals surface area (Å²) in [6.45, 7) is 14.1. The van der Waals surface area contributed by atoms with E-state index in [0.29, 0.717) is 12.2 Å². The van der Waals surface area contributed by atoms with E-state index in [4.69, 9.17) is 9.84 Å². The molecule has 0 spiro atoms. The monoisotopic (exact) mass is 392 g/mol. The molecule has 1 aliphatic rings. The molecule has 0 saturated heterocycles. The summed E-state index contributed by atoms with van der Waals surface area (Å²) in [6, 6.07) is 9.28. The van der Waals surface area contributed by atoms with Crippen LogP contribution in [0.15, 0.2) is 30.3 Å². The Hall–Kier alpha value is -2.55. The largest absolute Gasteiger partial charge is 0.493 e. The third-order valence-corrected chi connectivity index (χ3v) is 6.20. The van der Waals surface area contributed by atoms with Gasteiger partial charge in [-0.05, 0) is 66.3 Å². The third kappa shape index (κ3) is 4.10. The highest BCUT2D eigenvalue weighted by Crippen LogP contribution is 2.51. The van der Waals surface area contributed by atoms with Gasteiger partial charge in [-0.1, -0.05) is 58.0 Å². The van der Waals surface area contributed by atoms with Crippen LogP contribution in [-0.4, -0.2) is 17.7 Å². The summed E-state index contributed by atoms with van der Waals surface area (Å²) in [4.78, 5) is 11.1. The van der Waals surface area contributed by atoms with Crippen LogP contribution in [0.1, 0.15) is 85.6 Å². The van der Waals surface area contributed by atoms with Gasteiger partial charge in [-0.2, -0.15) is 0 Å². The molecule has 3 rings (SSSR count). The van der Waals surface area contributed by atoms with E-state index in [0.717, 1.165) is 23.3 Å². The van der Waals surface area contributed by atoms with Crippen molar-refractivity contribution in [2.45, 2.75) is 65.2 Å². The van der Waals surface area contributed by atoms with Gasteiger partial charge in [0.1, 0.15) is 5.75 Å². The molecule has 29 heavy (non-hydrogen) atoms. The number of carbonyl (C=O) groups is 1. The van der Waals surface area contributed by atoms with Crippen molar-refractivity contribution in [3.8, 4) is 5.75 Å². The Morgan fingerprint density at radius 3 is 2.28 bits per heavy atom. The molecule has 0 atom stereocenters. The number of rotatable bonds is 5. The zero-order valence-electron chi connectivity index (χ0n) is 18.4. The minimum Gasteiger partial charge on any atom is -0.493 e. The van der Waals surface area contributed by atoms with Crippen molar-refractivity contribution in [1.82, 2.24) is 0 Å². The Bertz CT molecular complexity index is 947. The van der Waals surface area contributed by atoms with Gasteiger partial charge in [-0.15, -0.1) is 0 Å². The average Bonchev–Trinajstić information content (AvgIpc) is 2.65. The Balaban J connectivity index is 2.13. The number of ether oxygens (including phenoxy) is 1. The van der Waals surface area contributed by atoms with Gasteiger partial charge in [0.15, 0.2) is 0 Å². The highest BCUT2D eigenvalue weighted by Gasteiger charge is 2.40. The van der Waals surface area contributed by atoms with Crippen molar-refractivity contribution in [2.75, 3.05) is 6.61 Å². The summed E-state index contributed by atoms with van der Waals surface area (Å²) in [5.74, 6) is 0.0909. The molecule has 0 radical (unpaired) electrons. The summed E-state index contributed by atoms with van der Waals surface area (Å²) in [6.07, 6.45) is 6.44. The number of carboxylic acids is 1. The van der Waals surface area contributed by atoms with Gasteiger partial charge in [0.2, 0.25) is 0 Å². The number of hydrogen-bond donors (Lipinski definition) is 1. The van der Waals surface area contributed by atoms with E-state index in [2.05, 4.69) is 46.8 Å². The van der Waals surface area contributed by atoms with Gasteiger partial charge >= 0.3 is 5.97 Å². The smallest absolute Gasteiger partial charge is 0.335 e. The first kappa shape index (κ1) is 21.2. The lowest BCUT2D eigenvalue weighted by Gasteiger charge is -2.43. The molecule has 0 unspecified atom stereocenters. The fourth-order valence-corrected chi connectivity index (χ4v) is 4.31. The number of carboxylic acid groups (broad SMARTS) is 1. The van der Waals surface area contributed by atoms with Gasteiger partial charge in [0.05, 0.1) is 12.2 Å². The van der Waals surface area contributed by atoms with Gasteiger partial charge < -0.3 is 9.84 Å². The average molecular weight is 393 g/mol. The normalized spacial score (nSPS) is 17.2. The summed E-state index contributed by atoms with van der Waals surface area (Å²) in [5, 5.41) is 9.08. The molecule has 0 aromatic heterocycles. The molecule has 0 saturated carbocycles. The second kappa shape index (κ2) is 7.70. The molecule has 3 nitrogen and oxygen atoms in total. The molecule has 2 aromatic rings. The lowest BCUT2D eigenvalue weighted by molar-refractivity contribution is 0.0697. The third-order valence-electron chi connectivity index (χ3n) is 6.20. The fraction of sp³-hybridized carbons (Fsp3) is 0.423. The van der Waals surface area contributed by atoms with Crippen molar-refractivity contribution in [2.24, 2.45) is 0 Å². The molecular formula is C26H32O3. The van der Waals surface area contributed by atoms with Gasteiger partial charge in [0, 0.05) is 11.1 Å². The Labute approximate surface area is 174 Å². The lowest BCUT2D eigenvalue weighted by atomic mass is 9.62. The standard InChI is InChI=1S/C26H32O3/c1-7-29-23-20(13-10-18-8-11-19(12-9-18)24(27)28)17(2)16-21-22(23)26(5,6)15-14-25(21,3)4/h8-13,16H,7,14-15H2,1-6H3,(H,27,28). The van der Waals surface area contributed by atoms with E-state index in [1.807, 2.05) is 25.1 Å². The van der Waals surface area contributed by atoms with E-state index >= 15 is 0 Å². The molecule has 1 aliphatic carbocycles. The van der Waals surface area contributed by atoms with Crippen LogP contribution in [0.2, 0.25) is 0 Å². The van der Waals surface area contributed by atoms with Gasteiger partial charge in [0.25, 0.3) is 0 Å².